The van der Waals surface area contributed by atoms with E-state index in [2.05, 4.69) is 30.7 Å². The van der Waals surface area contributed by atoms with Crippen molar-refractivity contribution in [3.05, 3.63) is 12.2 Å². The summed E-state index contributed by atoms with van der Waals surface area (Å²) in [7, 11) is 0. The van der Waals surface area contributed by atoms with Gasteiger partial charge < -0.3 is 4.74 Å². The van der Waals surface area contributed by atoms with Gasteiger partial charge in [0.2, 0.25) is 0 Å². The molecule has 0 amide bonds. The lowest BCUT2D eigenvalue weighted by Crippen LogP contribution is -2.14. The van der Waals surface area contributed by atoms with E-state index in [4.69, 9.17) is 4.74 Å². The van der Waals surface area contributed by atoms with Crippen molar-refractivity contribution in [3.63, 3.8) is 0 Å². The first kappa shape index (κ1) is 13.1. The fourth-order valence-electron chi connectivity index (χ4n) is 0.695. The third kappa shape index (κ3) is 8.46. The highest BCUT2D eigenvalue weighted by Gasteiger charge is 2.15. The number of ether oxygens (including phenoxy) is 1. The van der Waals surface area contributed by atoms with Crippen LogP contribution >= 0.6 is 24.2 Å². The van der Waals surface area contributed by atoms with Gasteiger partial charge in [0.25, 0.3) is 0 Å². The monoisotopic (exact) mass is 236 g/mol. The molecule has 0 spiro atoms. The third-order valence-electron chi connectivity index (χ3n) is 1.38. The molecule has 0 aliphatic heterocycles. The van der Waals surface area contributed by atoms with Gasteiger partial charge in [-0.15, -0.1) is 0 Å². The molecule has 76 valence electrons. The molecular weight excluding hydrogens is 220 g/mol. The van der Waals surface area contributed by atoms with Crippen LogP contribution in [-0.4, -0.2) is 18.9 Å². The second-order valence-corrected chi connectivity index (χ2v) is 13.2. The molecule has 0 unspecified atom stereocenters. The van der Waals surface area contributed by atoms with Crippen LogP contribution in [0.4, 0.5) is 0 Å². The molecule has 0 atom stereocenters. The summed E-state index contributed by atoms with van der Waals surface area (Å²) in [6.45, 7) is 7.61. The number of hydrogen-bond acceptors (Lipinski definition) is 4. The van der Waals surface area contributed by atoms with E-state index in [9.17, 15) is 4.79 Å². The summed E-state index contributed by atoms with van der Waals surface area (Å²) in [5, 5.41) is 0. The first-order chi connectivity index (χ1) is 5.83. The van der Waals surface area contributed by atoms with Crippen LogP contribution in [0.1, 0.15) is 13.3 Å². The van der Waals surface area contributed by atoms with Gasteiger partial charge in [0.1, 0.15) is 0 Å². The van der Waals surface area contributed by atoms with Gasteiger partial charge in [-0.05, 0) is 19.4 Å². The van der Waals surface area contributed by atoms with Gasteiger partial charge in [-0.2, -0.15) is 24.2 Å². The molecule has 0 saturated heterocycles. The molecular formula is C8H16O2S2Si. The molecule has 0 N–H and O–H groups in total. The molecule has 5 heteroatoms. The molecule has 0 fully saturated rings. The Balaban J connectivity index is 3.47. The van der Waals surface area contributed by atoms with E-state index in [1.807, 2.05) is 6.55 Å². The number of esters is 1. The van der Waals surface area contributed by atoms with Gasteiger partial charge in [0.05, 0.1) is 6.61 Å². The Morgan fingerprint density at radius 1 is 1.54 bits per heavy atom. The summed E-state index contributed by atoms with van der Waals surface area (Å²) in [6.07, 6.45) is -0.753. The smallest absolute Gasteiger partial charge is 0.333 e. The van der Waals surface area contributed by atoms with Gasteiger partial charge in [-0.3, -0.25) is 0 Å². The van der Waals surface area contributed by atoms with E-state index < -0.39 is 6.37 Å². The molecule has 0 heterocycles. The predicted octanol–water partition coefficient (Wildman–Crippen LogP) is 2.43. The fourth-order valence-corrected chi connectivity index (χ4v) is 2.46. The Morgan fingerprint density at radius 3 is 2.46 bits per heavy atom. The van der Waals surface area contributed by atoms with Crippen LogP contribution in [0.25, 0.3) is 0 Å². The standard InChI is InChI=1S/C8H16O2S2Si/c1-7(2)8(9)10-5-4-6-13(3,11)12/h11-12H,1,4-6H2,2-3H3. The van der Waals surface area contributed by atoms with E-state index in [-0.39, 0.29) is 5.97 Å². The van der Waals surface area contributed by atoms with Crippen molar-refractivity contribution in [3.8, 4) is 0 Å². The molecule has 0 radical (unpaired) electrons. The van der Waals surface area contributed by atoms with E-state index in [0.717, 1.165) is 12.5 Å². The third-order valence-corrected chi connectivity index (χ3v) is 4.02. The number of hydrogen-bond donors (Lipinski definition) is 2. The van der Waals surface area contributed by atoms with E-state index >= 15 is 0 Å². The zero-order chi connectivity index (χ0) is 10.5. The second kappa shape index (κ2) is 5.77. The van der Waals surface area contributed by atoms with Crippen LogP contribution in [0, 0.1) is 0 Å². The van der Waals surface area contributed by atoms with Crippen molar-refractivity contribution in [2.75, 3.05) is 6.61 Å². The molecule has 0 aromatic rings. The first-order valence-corrected chi connectivity index (χ1v) is 9.39. The first-order valence-electron chi connectivity index (χ1n) is 4.10. The predicted molar refractivity (Wildman–Crippen MR) is 64.8 cm³/mol. The summed E-state index contributed by atoms with van der Waals surface area (Å²) in [5.74, 6) is -0.318. The zero-order valence-electron chi connectivity index (χ0n) is 8.04. The number of rotatable bonds is 5. The van der Waals surface area contributed by atoms with Crippen LogP contribution in [0.3, 0.4) is 0 Å². The van der Waals surface area contributed by atoms with Crippen molar-refractivity contribution >= 4 is 36.5 Å². The van der Waals surface area contributed by atoms with Crippen LogP contribution in [0.5, 0.6) is 0 Å². The molecule has 0 aliphatic rings. The van der Waals surface area contributed by atoms with Gasteiger partial charge in [0, 0.05) is 5.57 Å². The second-order valence-electron chi connectivity index (χ2n) is 3.24. The molecule has 2 nitrogen and oxygen atoms in total. The highest BCUT2D eigenvalue weighted by molar-refractivity contribution is 8.45. The Morgan fingerprint density at radius 2 is 2.08 bits per heavy atom. The highest BCUT2D eigenvalue weighted by atomic mass is 32.5. The van der Waals surface area contributed by atoms with Crippen LogP contribution in [0.2, 0.25) is 12.6 Å². The molecule has 0 aromatic heterocycles. The quantitative estimate of drug-likeness (QED) is 0.252. The van der Waals surface area contributed by atoms with Gasteiger partial charge in [-0.25, -0.2) is 4.79 Å². The lowest BCUT2D eigenvalue weighted by Gasteiger charge is -2.12. The van der Waals surface area contributed by atoms with Crippen molar-refractivity contribution in [1.82, 2.24) is 0 Å². The van der Waals surface area contributed by atoms with Crippen molar-refractivity contribution in [2.24, 2.45) is 0 Å². The minimum atomic E-state index is -1.58. The Labute approximate surface area is 90.9 Å². The lowest BCUT2D eigenvalue weighted by molar-refractivity contribution is -0.138. The summed E-state index contributed by atoms with van der Waals surface area (Å²) < 4.78 is 4.91. The van der Waals surface area contributed by atoms with Crippen LogP contribution < -0.4 is 0 Å². The average molecular weight is 236 g/mol. The Kier molecular flexibility index (Phi) is 5.83. The Hall–Kier alpha value is 0.127. The molecule has 0 aliphatic carbocycles. The molecule has 0 aromatic carbocycles. The van der Waals surface area contributed by atoms with E-state index in [1.165, 1.54) is 0 Å². The van der Waals surface area contributed by atoms with E-state index in [0.29, 0.717) is 12.2 Å². The summed E-state index contributed by atoms with van der Waals surface area (Å²) in [6, 6.07) is 0.933. The fraction of sp³-hybridized carbons (Fsp3) is 0.625. The van der Waals surface area contributed by atoms with Crippen molar-refractivity contribution in [1.29, 1.82) is 0 Å². The summed E-state index contributed by atoms with van der Waals surface area (Å²) in [4.78, 5) is 10.9. The maximum Gasteiger partial charge on any atom is 0.333 e. The minimum Gasteiger partial charge on any atom is -0.462 e. The molecule has 0 rings (SSSR count). The van der Waals surface area contributed by atoms with Crippen molar-refractivity contribution in [2.45, 2.75) is 25.9 Å². The number of thiol groups is 2. The lowest BCUT2D eigenvalue weighted by atomic mass is 10.4. The maximum absolute atomic E-state index is 10.9. The van der Waals surface area contributed by atoms with Crippen LogP contribution in [-0.2, 0) is 9.53 Å². The largest absolute Gasteiger partial charge is 0.462 e. The molecule has 0 saturated carbocycles. The zero-order valence-corrected chi connectivity index (χ0v) is 10.8. The number of carbonyl (C=O) groups excluding carboxylic acids is 1. The topological polar surface area (TPSA) is 26.3 Å². The summed E-state index contributed by atoms with van der Waals surface area (Å²) >= 11 is 8.73. The van der Waals surface area contributed by atoms with Crippen molar-refractivity contribution < 1.29 is 9.53 Å². The van der Waals surface area contributed by atoms with Gasteiger partial charge >= 0.3 is 5.97 Å². The molecule has 13 heavy (non-hydrogen) atoms. The van der Waals surface area contributed by atoms with E-state index in [1.54, 1.807) is 6.92 Å². The van der Waals surface area contributed by atoms with Gasteiger partial charge in [0.15, 0.2) is 6.37 Å². The normalized spacial score (nSPS) is 11.1. The van der Waals surface area contributed by atoms with Gasteiger partial charge in [-0.1, -0.05) is 13.1 Å². The average Bonchev–Trinajstić information content (AvgIpc) is 1.95. The summed E-state index contributed by atoms with van der Waals surface area (Å²) in [5.41, 5.74) is 0.441. The SMILES string of the molecule is C=C(C)C(=O)OCCC[Si](C)(S)S. The number of carbonyl (C=O) groups is 1. The molecule has 0 bridgehead atoms. The maximum atomic E-state index is 10.9. The highest BCUT2D eigenvalue weighted by Crippen LogP contribution is 2.20. The Bertz CT molecular complexity index is 199. The van der Waals surface area contributed by atoms with Crippen LogP contribution in [0.15, 0.2) is 12.2 Å². The minimum absolute atomic E-state index is 0.318.